The fourth-order valence-corrected chi connectivity index (χ4v) is 2.98. The maximum atomic E-state index is 5.02. The molecular formula is C14H15N3OS. The molecule has 3 rings (SSSR count). The van der Waals surface area contributed by atoms with Crippen molar-refractivity contribution in [1.82, 2.24) is 10.5 Å². The van der Waals surface area contributed by atoms with Crippen molar-refractivity contribution in [3.8, 4) is 0 Å². The molecule has 2 aromatic rings. The zero-order valence-corrected chi connectivity index (χ0v) is 11.3. The fraction of sp³-hybridized carbons (Fsp3) is 0.286. The molecule has 1 fully saturated rings. The zero-order chi connectivity index (χ0) is 12.9. The van der Waals surface area contributed by atoms with Crippen LogP contribution in [0.25, 0.3) is 0 Å². The minimum absolute atomic E-state index is 0.459. The molecule has 0 saturated carbocycles. The van der Waals surface area contributed by atoms with E-state index < -0.39 is 0 Å². The van der Waals surface area contributed by atoms with Crippen LogP contribution in [0.3, 0.4) is 0 Å². The minimum atomic E-state index is 0.459. The summed E-state index contributed by atoms with van der Waals surface area (Å²) in [7, 11) is 0. The van der Waals surface area contributed by atoms with Crippen LogP contribution < -0.4 is 5.32 Å². The number of hydrogen-bond donors (Lipinski definition) is 1. The highest BCUT2D eigenvalue weighted by molar-refractivity contribution is 8.14. The summed E-state index contributed by atoms with van der Waals surface area (Å²) < 4.78 is 5.02. The highest BCUT2D eigenvalue weighted by atomic mass is 32.2. The average molecular weight is 273 g/mol. The third kappa shape index (κ3) is 3.38. The maximum Gasteiger partial charge on any atom is 0.158 e. The molecule has 5 heteroatoms. The molecule has 1 aromatic carbocycles. The van der Waals surface area contributed by atoms with Crippen molar-refractivity contribution in [2.24, 2.45) is 4.99 Å². The topological polar surface area (TPSA) is 50.4 Å². The summed E-state index contributed by atoms with van der Waals surface area (Å²) in [5.74, 6) is 1.85. The van der Waals surface area contributed by atoms with Gasteiger partial charge in [-0.1, -0.05) is 47.3 Å². The maximum absolute atomic E-state index is 5.02. The summed E-state index contributed by atoms with van der Waals surface area (Å²) in [6.45, 7) is 0.549. The first-order valence-corrected chi connectivity index (χ1v) is 7.26. The summed E-state index contributed by atoms with van der Waals surface area (Å²) in [6.07, 6.45) is 2.68. The van der Waals surface area contributed by atoms with Crippen molar-refractivity contribution in [3.05, 3.63) is 53.9 Å². The molecule has 0 spiro atoms. The molecule has 1 aliphatic rings. The van der Waals surface area contributed by atoms with E-state index in [1.165, 1.54) is 5.56 Å². The van der Waals surface area contributed by atoms with E-state index in [-0.39, 0.29) is 0 Å². The van der Waals surface area contributed by atoms with E-state index in [0.717, 1.165) is 23.1 Å². The first-order chi connectivity index (χ1) is 9.40. The molecule has 19 heavy (non-hydrogen) atoms. The molecule has 1 atom stereocenters. The molecule has 0 radical (unpaired) electrons. The first kappa shape index (κ1) is 12.3. The van der Waals surface area contributed by atoms with Crippen molar-refractivity contribution in [1.29, 1.82) is 0 Å². The molecule has 1 N–H and O–H groups in total. The molecule has 0 aliphatic carbocycles. The van der Waals surface area contributed by atoms with Gasteiger partial charge in [-0.05, 0) is 12.0 Å². The predicted octanol–water partition coefficient (Wildman–Crippen LogP) is 2.48. The van der Waals surface area contributed by atoms with Gasteiger partial charge in [0, 0.05) is 17.9 Å². The second-order valence-corrected chi connectivity index (χ2v) is 5.45. The van der Waals surface area contributed by atoms with Gasteiger partial charge in [-0.25, -0.2) is 0 Å². The molecule has 1 aliphatic heterocycles. The molecular weight excluding hydrogens is 258 g/mol. The van der Waals surface area contributed by atoms with Gasteiger partial charge in [0.05, 0.1) is 6.20 Å². The van der Waals surface area contributed by atoms with Crippen LogP contribution in [0.2, 0.25) is 0 Å². The Morgan fingerprint density at radius 3 is 3.00 bits per heavy atom. The van der Waals surface area contributed by atoms with Crippen LogP contribution in [-0.2, 0) is 13.0 Å². The number of nitrogens with one attached hydrogen (secondary N) is 1. The number of thioether (sulfide) groups is 1. The monoisotopic (exact) mass is 273 g/mol. The van der Waals surface area contributed by atoms with Crippen LogP contribution in [0.15, 0.2) is 52.1 Å². The van der Waals surface area contributed by atoms with E-state index in [2.05, 4.69) is 39.7 Å². The summed E-state index contributed by atoms with van der Waals surface area (Å²) in [5.41, 5.74) is 1.36. The van der Waals surface area contributed by atoms with E-state index in [0.29, 0.717) is 12.6 Å². The molecule has 4 nitrogen and oxygen atoms in total. The van der Waals surface area contributed by atoms with Crippen molar-refractivity contribution in [2.45, 2.75) is 19.0 Å². The Kier molecular flexibility index (Phi) is 3.83. The van der Waals surface area contributed by atoms with Crippen LogP contribution >= 0.6 is 11.8 Å². The lowest BCUT2D eigenvalue weighted by Crippen LogP contribution is -2.28. The number of benzene rings is 1. The van der Waals surface area contributed by atoms with Crippen LogP contribution in [0.1, 0.15) is 11.3 Å². The van der Waals surface area contributed by atoms with Crippen LogP contribution in [0.4, 0.5) is 0 Å². The van der Waals surface area contributed by atoms with Gasteiger partial charge >= 0.3 is 0 Å². The van der Waals surface area contributed by atoms with Gasteiger partial charge in [0.25, 0.3) is 0 Å². The third-order valence-electron chi connectivity index (χ3n) is 2.94. The Balaban J connectivity index is 1.54. The SMILES string of the molecule is c1ccc(CC2CSC(=NCc3ccno3)N2)cc1. The lowest BCUT2D eigenvalue weighted by molar-refractivity contribution is 0.385. The first-order valence-electron chi connectivity index (χ1n) is 6.27. The highest BCUT2D eigenvalue weighted by Gasteiger charge is 2.20. The standard InChI is InChI=1S/C14H15N3OS/c1-2-4-11(5-3-1)8-12-10-19-14(17-12)15-9-13-6-7-16-18-13/h1-7,12H,8-10H2,(H,15,17). The van der Waals surface area contributed by atoms with Gasteiger partial charge in [0.2, 0.25) is 0 Å². The lowest BCUT2D eigenvalue weighted by Gasteiger charge is -2.09. The molecule has 0 bridgehead atoms. The number of hydrogen-bond acceptors (Lipinski definition) is 4. The number of aliphatic imine (C=N–C) groups is 1. The van der Waals surface area contributed by atoms with E-state index in [1.807, 2.05) is 12.1 Å². The average Bonchev–Trinajstić information content (AvgIpc) is 3.09. The highest BCUT2D eigenvalue weighted by Crippen LogP contribution is 2.17. The smallest absolute Gasteiger partial charge is 0.158 e. The summed E-state index contributed by atoms with van der Waals surface area (Å²) in [4.78, 5) is 4.49. The van der Waals surface area contributed by atoms with Gasteiger partial charge in [-0.15, -0.1) is 0 Å². The van der Waals surface area contributed by atoms with E-state index in [9.17, 15) is 0 Å². The van der Waals surface area contributed by atoms with Crippen LogP contribution in [0.5, 0.6) is 0 Å². The van der Waals surface area contributed by atoms with Crippen molar-refractivity contribution < 1.29 is 4.52 Å². The molecule has 2 heterocycles. The van der Waals surface area contributed by atoms with E-state index in [4.69, 9.17) is 4.52 Å². The molecule has 1 aromatic heterocycles. The van der Waals surface area contributed by atoms with Crippen molar-refractivity contribution in [3.63, 3.8) is 0 Å². The Labute approximate surface area is 116 Å². The van der Waals surface area contributed by atoms with Gasteiger partial charge in [-0.2, -0.15) is 0 Å². The Morgan fingerprint density at radius 1 is 1.32 bits per heavy atom. The number of aromatic nitrogens is 1. The normalized spacial score (nSPS) is 20.6. The van der Waals surface area contributed by atoms with E-state index >= 15 is 0 Å². The van der Waals surface area contributed by atoms with Crippen molar-refractivity contribution >= 4 is 16.9 Å². The third-order valence-corrected chi connectivity index (χ3v) is 4.03. The van der Waals surface area contributed by atoms with Gasteiger partial charge in [0.1, 0.15) is 6.54 Å². The Bertz CT molecular complexity index is 539. The van der Waals surface area contributed by atoms with Gasteiger partial charge < -0.3 is 9.84 Å². The quantitative estimate of drug-likeness (QED) is 0.929. The molecule has 1 saturated heterocycles. The summed E-state index contributed by atoms with van der Waals surface area (Å²) >= 11 is 1.77. The molecule has 98 valence electrons. The Hall–Kier alpha value is -1.75. The summed E-state index contributed by atoms with van der Waals surface area (Å²) in [5, 5.41) is 8.12. The number of rotatable bonds is 4. The lowest BCUT2D eigenvalue weighted by atomic mass is 10.1. The van der Waals surface area contributed by atoms with Crippen molar-refractivity contribution in [2.75, 3.05) is 5.75 Å². The second kappa shape index (κ2) is 5.93. The van der Waals surface area contributed by atoms with Crippen LogP contribution in [0, 0.1) is 0 Å². The van der Waals surface area contributed by atoms with Crippen LogP contribution in [-0.4, -0.2) is 22.1 Å². The molecule has 1 unspecified atom stereocenters. The predicted molar refractivity (Wildman–Crippen MR) is 77.2 cm³/mol. The molecule has 0 amide bonds. The largest absolute Gasteiger partial charge is 0.361 e. The minimum Gasteiger partial charge on any atom is -0.361 e. The summed E-state index contributed by atoms with van der Waals surface area (Å²) in [6, 6.07) is 12.8. The van der Waals surface area contributed by atoms with Gasteiger partial charge in [-0.3, -0.25) is 4.99 Å². The van der Waals surface area contributed by atoms with Gasteiger partial charge in [0.15, 0.2) is 10.9 Å². The zero-order valence-electron chi connectivity index (χ0n) is 10.5. The fourth-order valence-electron chi connectivity index (χ4n) is 2.01. The second-order valence-electron chi connectivity index (χ2n) is 4.44. The number of amidine groups is 1. The Morgan fingerprint density at radius 2 is 2.21 bits per heavy atom. The van der Waals surface area contributed by atoms with E-state index in [1.54, 1.807) is 18.0 Å². The number of nitrogens with zero attached hydrogens (tertiary/aromatic N) is 2.